The Bertz CT molecular complexity index is 862. The molecule has 2 aromatic heterocycles. The molecular formula is C19H21N3O2S. The van der Waals surface area contributed by atoms with Crippen LogP contribution in [0.4, 0.5) is 5.82 Å². The first-order valence-corrected chi connectivity index (χ1v) is 9.24. The van der Waals surface area contributed by atoms with E-state index in [-0.39, 0.29) is 6.42 Å². The zero-order valence-corrected chi connectivity index (χ0v) is 15.0. The van der Waals surface area contributed by atoms with Gasteiger partial charge in [0.25, 0.3) is 0 Å². The maximum atomic E-state index is 10.5. The van der Waals surface area contributed by atoms with E-state index in [1.54, 1.807) is 11.3 Å². The Morgan fingerprint density at radius 3 is 2.72 bits per heavy atom. The lowest BCUT2D eigenvalue weighted by molar-refractivity contribution is -0.137. The van der Waals surface area contributed by atoms with Crippen molar-refractivity contribution in [3.63, 3.8) is 0 Å². The number of aryl methyl sites for hydroxylation is 1. The summed E-state index contributed by atoms with van der Waals surface area (Å²) in [5.41, 5.74) is 1.000. The highest BCUT2D eigenvalue weighted by Crippen LogP contribution is 2.31. The number of carbonyl (C=O) groups is 1. The number of aliphatic carboxylic acids is 1. The van der Waals surface area contributed by atoms with Gasteiger partial charge in [-0.1, -0.05) is 36.8 Å². The van der Waals surface area contributed by atoms with Gasteiger partial charge in [-0.05, 0) is 25.8 Å². The molecule has 0 radical (unpaired) electrons. The molecule has 0 fully saturated rings. The molecule has 0 unspecified atom stereocenters. The van der Waals surface area contributed by atoms with E-state index in [4.69, 9.17) is 15.1 Å². The Balaban J connectivity index is 1.75. The smallest absolute Gasteiger partial charge is 0.303 e. The molecule has 6 heteroatoms. The normalized spacial score (nSPS) is 10.9. The largest absolute Gasteiger partial charge is 0.481 e. The summed E-state index contributed by atoms with van der Waals surface area (Å²) in [5.74, 6) is 0.849. The maximum absolute atomic E-state index is 10.5. The third-order valence-corrected chi connectivity index (χ3v) is 4.85. The summed E-state index contributed by atoms with van der Waals surface area (Å²) >= 11 is 1.67. The number of carboxylic acid groups (broad SMARTS) is 1. The van der Waals surface area contributed by atoms with E-state index in [9.17, 15) is 4.79 Å². The fourth-order valence-corrected chi connectivity index (χ4v) is 3.56. The number of aromatic nitrogens is 2. The standard InChI is InChI=1S/C19H21N3O2S/c1-13-12-15-18(20-11-7-3-6-10-16(23)24)21-17(22-19(15)25-13)14-8-4-2-5-9-14/h2,4-5,8-9,12H,3,6-7,10-11H2,1H3,(H,23,24)(H,20,21,22). The quantitative estimate of drug-likeness (QED) is 0.572. The average Bonchev–Trinajstić information content (AvgIpc) is 2.98. The molecule has 0 atom stereocenters. The Morgan fingerprint density at radius 1 is 1.16 bits per heavy atom. The minimum atomic E-state index is -0.730. The first-order valence-electron chi connectivity index (χ1n) is 8.43. The van der Waals surface area contributed by atoms with Gasteiger partial charge in [-0.2, -0.15) is 0 Å². The Morgan fingerprint density at radius 2 is 1.96 bits per heavy atom. The molecule has 0 bridgehead atoms. The first-order chi connectivity index (χ1) is 12.1. The number of hydrogen-bond acceptors (Lipinski definition) is 5. The van der Waals surface area contributed by atoms with E-state index in [0.717, 1.165) is 46.8 Å². The fourth-order valence-electron chi connectivity index (χ4n) is 2.68. The predicted molar refractivity (Wildman–Crippen MR) is 102 cm³/mol. The molecule has 0 aliphatic heterocycles. The highest BCUT2D eigenvalue weighted by molar-refractivity contribution is 7.18. The summed E-state index contributed by atoms with van der Waals surface area (Å²) in [4.78, 5) is 22.2. The van der Waals surface area contributed by atoms with Crippen LogP contribution < -0.4 is 5.32 Å². The minimum absolute atomic E-state index is 0.236. The molecule has 130 valence electrons. The number of thiophene rings is 1. The van der Waals surface area contributed by atoms with Crippen LogP contribution in [0, 0.1) is 6.92 Å². The van der Waals surface area contributed by atoms with E-state index < -0.39 is 5.97 Å². The lowest BCUT2D eigenvalue weighted by Gasteiger charge is -2.09. The number of anilines is 1. The van der Waals surface area contributed by atoms with Gasteiger partial charge >= 0.3 is 5.97 Å². The lowest BCUT2D eigenvalue weighted by atomic mass is 10.2. The van der Waals surface area contributed by atoms with Crippen LogP contribution >= 0.6 is 11.3 Å². The Hall–Kier alpha value is -2.47. The van der Waals surface area contributed by atoms with E-state index in [1.807, 2.05) is 30.3 Å². The minimum Gasteiger partial charge on any atom is -0.481 e. The molecule has 0 saturated carbocycles. The van der Waals surface area contributed by atoms with Gasteiger partial charge in [-0.3, -0.25) is 4.79 Å². The Kier molecular flexibility index (Phi) is 5.60. The Labute approximate surface area is 150 Å². The average molecular weight is 355 g/mol. The summed E-state index contributed by atoms with van der Waals surface area (Å²) in [6.45, 7) is 2.85. The van der Waals surface area contributed by atoms with Crippen molar-refractivity contribution in [3.05, 3.63) is 41.3 Å². The third-order valence-electron chi connectivity index (χ3n) is 3.91. The van der Waals surface area contributed by atoms with Crippen LogP contribution in [0.1, 0.15) is 30.6 Å². The summed E-state index contributed by atoms with van der Waals surface area (Å²) in [6.07, 6.45) is 2.76. The van der Waals surface area contributed by atoms with Crippen molar-refractivity contribution >= 4 is 33.3 Å². The van der Waals surface area contributed by atoms with Gasteiger partial charge in [0, 0.05) is 23.4 Å². The number of hydrogen-bond donors (Lipinski definition) is 2. The first kappa shape index (κ1) is 17.4. The highest BCUT2D eigenvalue weighted by atomic mass is 32.1. The van der Waals surface area contributed by atoms with Crippen molar-refractivity contribution in [1.82, 2.24) is 9.97 Å². The number of unbranched alkanes of at least 4 members (excludes halogenated alkanes) is 2. The molecule has 2 heterocycles. The summed E-state index contributed by atoms with van der Waals surface area (Å²) in [5, 5.41) is 13.1. The molecule has 0 saturated heterocycles. The monoisotopic (exact) mass is 355 g/mol. The number of benzene rings is 1. The predicted octanol–water partition coefficient (Wildman–Crippen LogP) is 4.72. The summed E-state index contributed by atoms with van der Waals surface area (Å²) in [7, 11) is 0. The summed E-state index contributed by atoms with van der Waals surface area (Å²) in [6, 6.07) is 12.1. The number of nitrogens with zero attached hydrogens (tertiary/aromatic N) is 2. The second-order valence-electron chi connectivity index (χ2n) is 5.97. The van der Waals surface area contributed by atoms with Gasteiger partial charge in [-0.15, -0.1) is 11.3 Å². The van der Waals surface area contributed by atoms with Crippen molar-refractivity contribution < 1.29 is 9.90 Å². The molecule has 25 heavy (non-hydrogen) atoms. The molecule has 2 N–H and O–H groups in total. The molecular weight excluding hydrogens is 334 g/mol. The summed E-state index contributed by atoms with van der Waals surface area (Å²) < 4.78 is 0. The molecule has 3 rings (SSSR count). The third kappa shape index (κ3) is 4.54. The van der Waals surface area contributed by atoms with Gasteiger partial charge in [0.1, 0.15) is 10.6 Å². The molecule has 5 nitrogen and oxygen atoms in total. The van der Waals surface area contributed by atoms with Crippen LogP contribution in [-0.4, -0.2) is 27.6 Å². The molecule has 0 spiro atoms. The number of rotatable bonds is 8. The van der Waals surface area contributed by atoms with Gasteiger partial charge in [-0.25, -0.2) is 9.97 Å². The van der Waals surface area contributed by atoms with Crippen molar-refractivity contribution in [3.8, 4) is 11.4 Å². The topological polar surface area (TPSA) is 75.1 Å². The van der Waals surface area contributed by atoms with E-state index >= 15 is 0 Å². The molecule has 0 aliphatic carbocycles. The van der Waals surface area contributed by atoms with Crippen LogP contribution in [0.3, 0.4) is 0 Å². The van der Waals surface area contributed by atoms with E-state index in [2.05, 4.69) is 18.3 Å². The van der Waals surface area contributed by atoms with Gasteiger partial charge in [0.2, 0.25) is 0 Å². The van der Waals surface area contributed by atoms with Crippen LogP contribution in [0.2, 0.25) is 0 Å². The van der Waals surface area contributed by atoms with Crippen molar-refractivity contribution in [2.24, 2.45) is 0 Å². The van der Waals surface area contributed by atoms with Crippen molar-refractivity contribution in [1.29, 1.82) is 0 Å². The van der Waals surface area contributed by atoms with Crippen molar-refractivity contribution in [2.45, 2.75) is 32.6 Å². The van der Waals surface area contributed by atoms with Crippen LogP contribution in [-0.2, 0) is 4.79 Å². The second kappa shape index (κ2) is 8.07. The molecule has 0 amide bonds. The SMILES string of the molecule is Cc1cc2c(NCCCCCC(=O)O)nc(-c3ccccc3)nc2s1. The van der Waals surface area contributed by atoms with Crippen molar-refractivity contribution in [2.75, 3.05) is 11.9 Å². The van der Waals surface area contributed by atoms with Crippen LogP contribution in [0.15, 0.2) is 36.4 Å². The number of fused-ring (bicyclic) bond motifs is 1. The lowest BCUT2D eigenvalue weighted by Crippen LogP contribution is -2.05. The molecule has 1 aromatic carbocycles. The van der Waals surface area contributed by atoms with Crippen LogP contribution in [0.5, 0.6) is 0 Å². The number of carboxylic acids is 1. The molecule has 3 aromatic rings. The zero-order chi connectivity index (χ0) is 17.6. The zero-order valence-electron chi connectivity index (χ0n) is 14.2. The maximum Gasteiger partial charge on any atom is 0.303 e. The van der Waals surface area contributed by atoms with Gasteiger partial charge in [0.05, 0.1) is 5.39 Å². The highest BCUT2D eigenvalue weighted by Gasteiger charge is 2.11. The van der Waals surface area contributed by atoms with Gasteiger partial charge in [0.15, 0.2) is 5.82 Å². The van der Waals surface area contributed by atoms with E-state index in [1.165, 1.54) is 4.88 Å². The second-order valence-corrected chi connectivity index (χ2v) is 7.20. The number of nitrogens with one attached hydrogen (secondary N) is 1. The van der Waals surface area contributed by atoms with Crippen LogP contribution in [0.25, 0.3) is 21.6 Å². The van der Waals surface area contributed by atoms with E-state index in [0.29, 0.717) is 6.42 Å². The molecule has 0 aliphatic rings. The fraction of sp³-hybridized carbons (Fsp3) is 0.316. The van der Waals surface area contributed by atoms with Gasteiger partial charge < -0.3 is 10.4 Å².